The first-order valence-corrected chi connectivity index (χ1v) is 4.93. The summed E-state index contributed by atoms with van der Waals surface area (Å²) >= 11 is 0. The maximum atomic E-state index is 5.14. The molecule has 1 aromatic rings. The Morgan fingerprint density at radius 2 is 2.50 bits per heavy atom. The molecule has 0 aromatic carbocycles. The maximum Gasteiger partial charge on any atom is 0.0783 e. The number of rotatable bonds is 5. The van der Waals surface area contributed by atoms with Gasteiger partial charge in [-0.15, -0.1) is 5.10 Å². The van der Waals surface area contributed by atoms with Gasteiger partial charge in [-0.1, -0.05) is 5.21 Å². The van der Waals surface area contributed by atoms with Crippen molar-refractivity contribution in [3.8, 4) is 0 Å². The van der Waals surface area contributed by atoms with Crippen LogP contribution in [0.3, 0.4) is 0 Å². The van der Waals surface area contributed by atoms with Crippen LogP contribution in [0.2, 0.25) is 0 Å². The van der Waals surface area contributed by atoms with Crippen molar-refractivity contribution in [3.63, 3.8) is 0 Å². The molecule has 1 aliphatic rings. The Bertz CT molecular complexity index is 295. The molecule has 0 saturated heterocycles. The number of aromatic nitrogens is 3. The Balaban J connectivity index is 2.15. The summed E-state index contributed by atoms with van der Waals surface area (Å²) < 4.78 is 7.16. The van der Waals surface area contributed by atoms with Gasteiger partial charge in [-0.05, 0) is 19.9 Å². The minimum absolute atomic E-state index is 0.190. The summed E-state index contributed by atoms with van der Waals surface area (Å²) in [6.45, 7) is 0.649. The summed E-state index contributed by atoms with van der Waals surface area (Å²) in [6.07, 6.45) is 4.26. The molecule has 0 spiro atoms. The second kappa shape index (κ2) is 4.06. The van der Waals surface area contributed by atoms with Crippen molar-refractivity contribution in [1.82, 2.24) is 20.3 Å². The van der Waals surface area contributed by atoms with Crippen LogP contribution in [0.25, 0.3) is 0 Å². The van der Waals surface area contributed by atoms with Gasteiger partial charge in [0.1, 0.15) is 0 Å². The minimum atomic E-state index is 0.190. The molecule has 1 heterocycles. The van der Waals surface area contributed by atoms with Crippen LogP contribution < -0.4 is 5.32 Å². The highest BCUT2D eigenvalue weighted by Gasteiger charge is 2.28. The van der Waals surface area contributed by atoms with E-state index in [1.807, 2.05) is 17.9 Å². The number of likely N-dealkylation sites (N-methyl/N-ethyl adjacent to an activating group) is 1. The van der Waals surface area contributed by atoms with E-state index in [1.165, 1.54) is 12.8 Å². The predicted molar refractivity (Wildman–Crippen MR) is 52.0 cm³/mol. The van der Waals surface area contributed by atoms with Crippen molar-refractivity contribution >= 4 is 0 Å². The van der Waals surface area contributed by atoms with Crippen molar-refractivity contribution in [1.29, 1.82) is 0 Å². The van der Waals surface area contributed by atoms with E-state index in [0.717, 1.165) is 5.69 Å². The zero-order valence-electron chi connectivity index (χ0n) is 8.60. The molecule has 5 heteroatoms. The van der Waals surface area contributed by atoms with Crippen LogP contribution >= 0.6 is 0 Å². The van der Waals surface area contributed by atoms with Crippen molar-refractivity contribution < 1.29 is 4.74 Å². The zero-order chi connectivity index (χ0) is 9.97. The molecular formula is C9H16N4O. The standard InChI is InChI=1S/C9H16N4O/c1-10-8(6-14-2)9-5-11-12-13(9)7-3-4-7/h5,7-8,10H,3-4,6H2,1-2H3. The molecule has 5 nitrogen and oxygen atoms in total. The summed E-state index contributed by atoms with van der Waals surface area (Å²) in [5, 5.41) is 11.3. The van der Waals surface area contributed by atoms with Crippen molar-refractivity contribution in [2.45, 2.75) is 24.9 Å². The van der Waals surface area contributed by atoms with E-state index in [0.29, 0.717) is 12.6 Å². The third-order valence-corrected chi connectivity index (χ3v) is 2.53. The Kier molecular flexibility index (Phi) is 2.79. The number of ether oxygens (including phenoxy) is 1. The monoisotopic (exact) mass is 196 g/mol. The molecule has 1 saturated carbocycles. The average molecular weight is 196 g/mol. The lowest BCUT2D eigenvalue weighted by Gasteiger charge is -2.15. The van der Waals surface area contributed by atoms with Crippen LogP contribution in [0.15, 0.2) is 6.20 Å². The molecule has 2 rings (SSSR count). The second-order valence-corrected chi connectivity index (χ2v) is 3.63. The Morgan fingerprint density at radius 1 is 1.71 bits per heavy atom. The molecule has 1 unspecified atom stereocenters. The first kappa shape index (κ1) is 9.61. The van der Waals surface area contributed by atoms with E-state index in [2.05, 4.69) is 15.6 Å². The third kappa shape index (κ3) is 1.78. The smallest absolute Gasteiger partial charge is 0.0783 e. The zero-order valence-corrected chi connectivity index (χ0v) is 8.60. The van der Waals surface area contributed by atoms with E-state index in [1.54, 1.807) is 7.11 Å². The fourth-order valence-corrected chi connectivity index (χ4v) is 1.59. The fourth-order valence-electron chi connectivity index (χ4n) is 1.59. The lowest BCUT2D eigenvalue weighted by atomic mass is 10.2. The summed E-state index contributed by atoms with van der Waals surface area (Å²) in [4.78, 5) is 0. The highest BCUT2D eigenvalue weighted by Crippen LogP contribution is 2.35. The third-order valence-electron chi connectivity index (χ3n) is 2.53. The van der Waals surface area contributed by atoms with E-state index < -0.39 is 0 Å². The fraction of sp³-hybridized carbons (Fsp3) is 0.778. The van der Waals surface area contributed by atoms with Crippen LogP contribution in [0.1, 0.15) is 30.6 Å². The first-order valence-electron chi connectivity index (χ1n) is 4.93. The van der Waals surface area contributed by atoms with Gasteiger partial charge in [0, 0.05) is 7.11 Å². The molecule has 1 aliphatic carbocycles. The van der Waals surface area contributed by atoms with Crippen LogP contribution in [-0.4, -0.2) is 35.8 Å². The molecule has 0 aliphatic heterocycles. The van der Waals surface area contributed by atoms with Crippen molar-refractivity contribution in [3.05, 3.63) is 11.9 Å². The second-order valence-electron chi connectivity index (χ2n) is 3.63. The predicted octanol–water partition coefficient (Wildman–Crippen LogP) is 0.520. The largest absolute Gasteiger partial charge is 0.383 e. The molecule has 0 radical (unpaired) electrons. The van der Waals surface area contributed by atoms with Gasteiger partial charge >= 0.3 is 0 Å². The summed E-state index contributed by atoms with van der Waals surface area (Å²) in [5.41, 5.74) is 1.12. The number of methoxy groups -OCH3 is 1. The van der Waals surface area contributed by atoms with Gasteiger partial charge in [-0.25, -0.2) is 4.68 Å². The molecule has 14 heavy (non-hydrogen) atoms. The molecule has 1 aromatic heterocycles. The SMILES string of the molecule is CNC(COC)c1cnnn1C1CC1. The quantitative estimate of drug-likeness (QED) is 0.746. The van der Waals surface area contributed by atoms with Gasteiger partial charge in [0.15, 0.2) is 0 Å². The van der Waals surface area contributed by atoms with Gasteiger partial charge in [-0.2, -0.15) is 0 Å². The Labute approximate surface area is 83.4 Å². The lowest BCUT2D eigenvalue weighted by Crippen LogP contribution is -2.24. The van der Waals surface area contributed by atoms with Crippen LogP contribution in [0.5, 0.6) is 0 Å². The minimum Gasteiger partial charge on any atom is -0.383 e. The summed E-state index contributed by atoms with van der Waals surface area (Å²) in [7, 11) is 3.63. The number of nitrogens with zero attached hydrogens (tertiary/aromatic N) is 3. The normalized spacial score (nSPS) is 18.4. The van der Waals surface area contributed by atoms with Crippen LogP contribution in [0.4, 0.5) is 0 Å². The van der Waals surface area contributed by atoms with Gasteiger partial charge in [0.2, 0.25) is 0 Å². The van der Waals surface area contributed by atoms with Gasteiger partial charge < -0.3 is 10.1 Å². The van der Waals surface area contributed by atoms with Gasteiger partial charge in [0.05, 0.1) is 30.6 Å². The average Bonchev–Trinajstić information content (AvgIpc) is 2.94. The van der Waals surface area contributed by atoms with E-state index in [9.17, 15) is 0 Å². The van der Waals surface area contributed by atoms with E-state index in [-0.39, 0.29) is 6.04 Å². The summed E-state index contributed by atoms with van der Waals surface area (Å²) in [6, 6.07) is 0.760. The van der Waals surface area contributed by atoms with E-state index >= 15 is 0 Å². The van der Waals surface area contributed by atoms with Gasteiger partial charge in [-0.3, -0.25) is 0 Å². The van der Waals surface area contributed by atoms with Gasteiger partial charge in [0.25, 0.3) is 0 Å². The van der Waals surface area contributed by atoms with Crippen LogP contribution in [-0.2, 0) is 4.74 Å². The van der Waals surface area contributed by atoms with Crippen molar-refractivity contribution in [2.24, 2.45) is 0 Å². The molecule has 0 amide bonds. The maximum absolute atomic E-state index is 5.14. The molecule has 1 N–H and O–H groups in total. The molecule has 0 bridgehead atoms. The van der Waals surface area contributed by atoms with E-state index in [4.69, 9.17) is 4.74 Å². The molecule has 78 valence electrons. The molecular weight excluding hydrogens is 180 g/mol. The van der Waals surface area contributed by atoms with Crippen LogP contribution in [0, 0.1) is 0 Å². The molecule has 1 atom stereocenters. The highest BCUT2D eigenvalue weighted by molar-refractivity contribution is 5.05. The number of hydrogen-bond acceptors (Lipinski definition) is 4. The molecule has 1 fully saturated rings. The Hall–Kier alpha value is -0.940. The van der Waals surface area contributed by atoms with Crippen molar-refractivity contribution in [2.75, 3.05) is 20.8 Å². The first-order chi connectivity index (χ1) is 6.86. The lowest BCUT2D eigenvalue weighted by molar-refractivity contribution is 0.166. The number of nitrogens with one attached hydrogen (secondary N) is 1. The number of hydrogen-bond donors (Lipinski definition) is 1. The highest BCUT2D eigenvalue weighted by atomic mass is 16.5. The summed E-state index contributed by atoms with van der Waals surface area (Å²) in [5.74, 6) is 0. The Morgan fingerprint density at radius 3 is 3.07 bits per heavy atom. The topological polar surface area (TPSA) is 52.0 Å².